The quantitative estimate of drug-likeness (QED) is 0.685. The van der Waals surface area contributed by atoms with Crippen LogP contribution in [0.5, 0.6) is 0 Å². The molecule has 2 aliphatic heterocycles. The van der Waals surface area contributed by atoms with Gasteiger partial charge in [-0.15, -0.1) is 11.3 Å². The molecule has 0 bridgehead atoms. The summed E-state index contributed by atoms with van der Waals surface area (Å²) in [6.07, 6.45) is 2.14. The fourth-order valence-corrected chi connectivity index (χ4v) is 4.10. The first-order chi connectivity index (χ1) is 7.65. The molecule has 0 N–H and O–H groups in total. The molecule has 1 aromatic rings. The zero-order valence-corrected chi connectivity index (χ0v) is 10.5. The maximum Gasteiger partial charge on any atom is 0.255 e. The van der Waals surface area contributed by atoms with Gasteiger partial charge in [0, 0.05) is 25.0 Å². The van der Waals surface area contributed by atoms with Crippen molar-refractivity contribution in [1.82, 2.24) is 9.80 Å². The molecule has 3 nitrogen and oxygen atoms in total. The Morgan fingerprint density at radius 2 is 2.00 bits per heavy atom. The van der Waals surface area contributed by atoms with Crippen LogP contribution in [0.1, 0.15) is 28.1 Å². The summed E-state index contributed by atoms with van der Waals surface area (Å²) < 4.78 is 0. The fourth-order valence-electron chi connectivity index (χ4n) is 2.92. The van der Waals surface area contributed by atoms with Crippen molar-refractivity contribution in [1.29, 1.82) is 0 Å². The predicted molar refractivity (Wildman–Crippen MR) is 64.8 cm³/mol. The Balaban J connectivity index is 2.05. The van der Waals surface area contributed by atoms with Gasteiger partial charge in [-0.1, -0.05) is 0 Å². The summed E-state index contributed by atoms with van der Waals surface area (Å²) in [5, 5.41) is 2.05. The van der Waals surface area contributed by atoms with Gasteiger partial charge >= 0.3 is 0 Å². The van der Waals surface area contributed by atoms with Gasteiger partial charge in [0.2, 0.25) is 0 Å². The van der Waals surface area contributed by atoms with Crippen molar-refractivity contribution in [3.63, 3.8) is 0 Å². The van der Waals surface area contributed by atoms with Crippen molar-refractivity contribution in [3.8, 4) is 0 Å². The van der Waals surface area contributed by atoms with Gasteiger partial charge < -0.3 is 9.80 Å². The Morgan fingerprint density at radius 1 is 1.31 bits per heavy atom. The third-order valence-corrected chi connectivity index (χ3v) is 5.19. The second-order valence-corrected chi connectivity index (χ2v) is 5.78. The van der Waals surface area contributed by atoms with Crippen molar-refractivity contribution in [3.05, 3.63) is 21.9 Å². The molecule has 0 aliphatic carbocycles. The molecule has 86 valence electrons. The summed E-state index contributed by atoms with van der Waals surface area (Å²) in [7, 11) is 4.11. The molecule has 0 aromatic carbocycles. The highest BCUT2D eigenvalue weighted by Crippen LogP contribution is 2.47. The number of carbonyl (C=O) groups excluding carboxylic acids is 1. The minimum absolute atomic E-state index is 0.00704. The molecule has 0 atom stereocenters. The highest BCUT2D eigenvalue weighted by atomic mass is 32.1. The lowest BCUT2D eigenvalue weighted by Crippen LogP contribution is -2.48. The molecule has 16 heavy (non-hydrogen) atoms. The zero-order valence-electron chi connectivity index (χ0n) is 9.69. The van der Waals surface area contributed by atoms with Crippen LogP contribution in [-0.2, 0) is 5.54 Å². The van der Waals surface area contributed by atoms with Gasteiger partial charge in [0.15, 0.2) is 0 Å². The topological polar surface area (TPSA) is 23.6 Å². The standard InChI is InChI=1S/C12H16N2OS/c1-13-6-4-12(5-7-13)10-9(3-8-16-10)11(15)14(12)2/h3,8H,4-7H2,1-2H3. The monoisotopic (exact) mass is 236 g/mol. The molecule has 0 radical (unpaired) electrons. The van der Waals surface area contributed by atoms with Crippen molar-refractivity contribution < 1.29 is 4.79 Å². The Morgan fingerprint density at radius 3 is 2.69 bits per heavy atom. The number of amides is 1. The van der Waals surface area contributed by atoms with Crippen LogP contribution >= 0.6 is 11.3 Å². The summed E-state index contributed by atoms with van der Waals surface area (Å²) in [4.78, 5) is 17.7. The van der Waals surface area contributed by atoms with Crippen molar-refractivity contribution in [2.75, 3.05) is 27.2 Å². The molecule has 3 heterocycles. The lowest BCUT2D eigenvalue weighted by molar-refractivity contribution is 0.0434. The smallest absolute Gasteiger partial charge is 0.255 e. The van der Waals surface area contributed by atoms with Crippen LogP contribution in [0.4, 0.5) is 0 Å². The minimum atomic E-state index is 0.00704. The SMILES string of the molecule is CN1CCC2(CC1)c1sccc1C(=O)N2C. The van der Waals surface area contributed by atoms with Gasteiger partial charge in [-0.25, -0.2) is 0 Å². The van der Waals surface area contributed by atoms with Gasteiger partial charge in [0.25, 0.3) is 5.91 Å². The van der Waals surface area contributed by atoms with Crippen LogP contribution in [-0.4, -0.2) is 42.9 Å². The first-order valence-corrected chi connectivity index (χ1v) is 6.58. The fraction of sp³-hybridized carbons (Fsp3) is 0.583. The largest absolute Gasteiger partial charge is 0.331 e. The molecule has 1 spiro atoms. The van der Waals surface area contributed by atoms with Gasteiger partial charge in [-0.3, -0.25) is 4.79 Å². The molecule has 4 heteroatoms. The summed E-state index contributed by atoms with van der Waals surface area (Å²) in [5.41, 5.74) is 0.949. The van der Waals surface area contributed by atoms with Crippen LogP contribution < -0.4 is 0 Å². The number of rotatable bonds is 0. The van der Waals surface area contributed by atoms with E-state index in [1.54, 1.807) is 11.3 Å². The molecule has 1 saturated heterocycles. The molecule has 3 rings (SSSR count). The number of nitrogens with zero attached hydrogens (tertiary/aromatic N) is 2. The summed E-state index contributed by atoms with van der Waals surface area (Å²) in [6.45, 7) is 2.16. The van der Waals surface area contributed by atoms with E-state index in [1.165, 1.54) is 4.88 Å². The van der Waals surface area contributed by atoms with E-state index in [4.69, 9.17) is 0 Å². The van der Waals surface area contributed by atoms with Gasteiger partial charge in [-0.2, -0.15) is 0 Å². The molecule has 1 amide bonds. The second-order valence-electron chi connectivity index (χ2n) is 4.86. The number of thiophene rings is 1. The number of fused-ring (bicyclic) bond motifs is 2. The maximum atomic E-state index is 12.1. The minimum Gasteiger partial charge on any atom is -0.331 e. The second kappa shape index (κ2) is 3.31. The summed E-state index contributed by atoms with van der Waals surface area (Å²) in [5.74, 6) is 0.209. The maximum absolute atomic E-state index is 12.1. The van der Waals surface area contributed by atoms with E-state index in [-0.39, 0.29) is 11.4 Å². The molecule has 1 fully saturated rings. The van der Waals surface area contributed by atoms with E-state index in [2.05, 4.69) is 17.3 Å². The third kappa shape index (κ3) is 1.14. The average Bonchev–Trinajstić information content (AvgIpc) is 2.83. The number of hydrogen-bond acceptors (Lipinski definition) is 3. The van der Waals surface area contributed by atoms with Crippen LogP contribution in [0.2, 0.25) is 0 Å². The van der Waals surface area contributed by atoms with E-state index in [0.717, 1.165) is 31.5 Å². The van der Waals surface area contributed by atoms with Crippen molar-refractivity contribution in [2.45, 2.75) is 18.4 Å². The third-order valence-electron chi connectivity index (χ3n) is 4.08. The molecule has 2 aliphatic rings. The normalized spacial score (nSPS) is 24.1. The highest BCUT2D eigenvalue weighted by Gasteiger charge is 2.49. The lowest BCUT2D eigenvalue weighted by atomic mass is 9.86. The number of likely N-dealkylation sites (tertiary alicyclic amines) is 1. The van der Waals surface area contributed by atoms with E-state index in [0.29, 0.717) is 0 Å². The lowest BCUT2D eigenvalue weighted by Gasteiger charge is -2.42. The Hall–Kier alpha value is -0.870. The van der Waals surface area contributed by atoms with Gasteiger partial charge in [0.1, 0.15) is 0 Å². The average molecular weight is 236 g/mol. The van der Waals surface area contributed by atoms with Gasteiger partial charge in [0.05, 0.1) is 11.1 Å². The molecular weight excluding hydrogens is 220 g/mol. The molecule has 0 saturated carbocycles. The van der Waals surface area contributed by atoms with E-state index in [1.807, 2.05) is 18.0 Å². The predicted octanol–water partition coefficient (Wildman–Crippen LogP) is 1.75. The van der Waals surface area contributed by atoms with Gasteiger partial charge in [-0.05, 0) is 31.3 Å². The first kappa shape index (κ1) is 10.3. The van der Waals surface area contributed by atoms with Crippen LogP contribution in [0.15, 0.2) is 11.4 Å². The van der Waals surface area contributed by atoms with Crippen LogP contribution in [0.3, 0.4) is 0 Å². The van der Waals surface area contributed by atoms with Crippen LogP contribution in [0.25, 0.3) is 0 Å². The number of piperidine rings is 1. The van der Waals surface area contributed by atoms with E-state index < -0.39 is 0 Å². The van der Waals surface area contributed by atoms with Crippen molar-refractivity contribution >= 4 is 17.2 Å². The molecule has 1 aromatic heterocycles. The number of carbonyl (C=O) groups is 1. The van der Waals surface area contributed by atoms with Crippen molar-refractivity contribution in [2.24, 2.45) is 0 Å². The molecular formula is C12H16N2OS. The Labute approximate surface area is 99.7 Å². The van der Waals surface area contributed by atoms with Crippen LogP contribution in [0, 0.1) is 0 Å². The summed E-state index contributed by atoms with van der Waals surface area (Å²) in [6, 6.07) is 1.98. The van der Waals surface area contributed by atoms with E-state index >= 15 is 0 Å². The number of hydrogen-bond donors (Lipinski definition) is 0. The van der Waals surface area contributed by atoms with E-state index in [9.17, 15) is 4.79 Å². The zero-order chi connectivity index (χ0) is 11.3. The first-order valence-electron chi connectivity index (χ1n) is 5.70. The Kier molecular flexibility index (Phi) is 2.13. The molecule has 0 unspecified atom stereocenters. The Bertz CT molecular complexity index is 432. The summed E-state index contributed by atoms with van der Waals surface area (Å²) >= 11 is 1.75. The highest BCUT2D eigenvalue weighted by molar-refractivity contribution is 7.10.